The minimum absolute atomic E-state index is 0.0503. The number of aromatic nitrogens is 2. The van der Waals surface area contributed by atoms with Gasteiger partial charge in [-0.25, -0.2) is 4.68 Å². The SMILES string of the molecule is COc1ccc(-c2cn(-c3ccccc3)nc2C(=O)N2CCCC(C(=O)NCC3CC3)C2)cc1OC. The van der Waals surface area contributed by atoms with Crippen molar-refractivity contribution in [3.05, 3.63) is 60.4 Å². The average molecular weight is 489 g/mol. The van der Waals surface area contributed by atoms with E-state index in [1.54, 1.807) is 23.8 Å². The number of benzene rings is 2. The molecule has 2 heterocycles. The molecule has 1 aliphatic heterocycles. The van der Waals surface area contributed by atoms with Crippen LogP contribution in [0.3, 0.4) is 0 Å². The fourth-order valence-electron chi connectivity index (χ4n) is 4.70. The van der Waals surface area contributed by atoms with E-state index in [1.807, 2.05) is 54.7 Å². The number of hydrogen-bond acceptors (Lipinski definition) is 5. The highest BCUT2D eigenvalue weighted by Gasteiger charge is 2.32. The zero-order chi connectivity index (χ0) is 25.1. The number of hydrogen-bond donors (Lipinski definition) is 1. The largest absolute Gasteiger partial charge is 0.493 e. The van der Waals surface area contributed by atoms with E-state index in [0.717, 1.165) is 30.6 Å². The predicted molar refractivity (Wildman–Crippen MR) is 136 cm³/mol. The van der Waals surface area contributed by atoms with Gasteiger partial charge in [0.2, 0.25) is 5.91 Å². The van der Waals surface area contributed by atoms with Gasteiger partial charge in [-0.1, -0.05) is 24.3 Å². The summed E-state index contributed by atoms with van der Waals surface area (Å²) in [6.07, 6.45) is 5.84. The molecule has 2 aliphatic rings. The van der Waals surface area contributed by atoms with Crippen molar-refractivity contribution in [3.63, 3.8) is 0 Å². The maximum atomic E-state index is 13.8. The van der Waals surface area contributed by atoms with Gasteiger partial charge in [0.1, 0.15) is 0 Å². The summed E-state index contributed by atoms with van der Waals surface area (Å²) < 4.78 is 12.6. The number of nitrogens with one attached hydrogen (secondary N) is 1. The highest BCUT2D eigenvalue weighted by atomic mass is 16.5. The van der Waals surface area contributed by atoms with E-state index in [1.165, 1.54) is 12.8 Å². The van der Waals surface area contributed by atoms with Gasteiger partial charge in [-0.2, -0.15) is 5.10 Å². The van der Waals surface area contributed by atoms with Crippen LogP contribution >= 0.6 is 0 Å². The van der Waals surface area contributed by atoms with E-state index in [-0.39, 0.29) is 17.7 Å². The van der Waals surface area contributed by atoms with Gasteiger partial charge >= 0.3 is 0 Å². The second-order valence-electron chi connectivity index (χ2n) is 9.52. The van der Waals surface area contributed by atoms with Gasteiger partial charge in [-0.05, 0) is 61.4 Å². The summed E-state index contributed by atoms with van der Waals surface area (Å²) in [4.78, 5) is 28.3. The number of carbonyl (C=O) groups is 2. The van der Waals surface area contributed by atoms with Crippen LogP contribution in [0.1, 0.15) is 36.2 Å². The molecule has 0 bridgehead atoms. The second kappa shape index (κ2) is 10.4. The molecule has 1 unspecified atom stereocenters. The minimum atomic E-state index is -0.192. The predicted octanol–water partition coefficient (Wildman–Crippen LogP) is 3.93. The summed E-state index contributed by atoms with van der Waals surface area (Å²) in [5.41, 5.74) is 2.71. The molecule has 2 fully saturated rings. The maximum Gasteiger partial charge on any atom is 0.275 e. The summed E-state index contributed by atoms with van der Waals surface area (Å²) in [7, 11) is 3.18. The lowest BCUT2D eigenvalue weighted by Gasteiger charge is -2.31. The molecule has 0 spiro atoms. The molecule has 2 amide bonds. The van der Waals surface area contributed by atoms with Crippen molar-refractivity contribution in [2.24, 2.45) is 11.8 Å². The van der Waals surface area contributed by atoms with E-state index >= 15 is 0 Å². The maximum absolute atomic E-state index is 13.8. The number of methoxy groups -OCH3 is 2. The Bertz CT molecular complexity index is 1240. The number of nitrogens with zero attached hydrogens (tertiary/aromatic N) is 3. The molecule has 3 aromatic rings. The fraction of sp³-hybridized carbons (Fsp3) is 0.393. The molecule has 1 saturated heterocycles. The average Bonchev–Trinajstić information content (AvgIpc) is 3.67. The second-order valence-corrected chi connectivity index (χ2v) is 9.52. The molecule has 36 heavy (non-hydrogen) atoms. The molecule has 188 valence electrons. The Morgan fingerprint density at radius 3 is 2.53 bits per heavy atom. The van der Waals surface area contributed by atoms with Crippen molar-refractivity contribution in [2.75, 3.05) is 33.9 Å². The normalized spacial score (nSPS) is 17.5. The molecular formula is C28H32N4O4. The number of rotatable bonds is 8. The van der Waals surface area contributed by atoms with Crippen molar-refractivity contribution in [2.45, 2.75) is 25.7 Å². The molecule has 1 saturated carbocycles. The highest BCUT2D eigenvalue weighted by Crippen LogP contribution is 2.35. The zero-order valence-corrected chi connectivity index (χ0v) is 20.8. The van der Waals surface area contributed by atoms with Gasteiger partial charge in [-0.15, -0.1) is 0 Å². The van der Waals surface area contributed by atoms with E-state index in [2.05, 4.69) is 5.32 Å². The molecule has 1 aromatic heterocycles. The highest BCUT2D eigenvalue weighted by molar-refractivity contribution is 5.99. The molecular weight excluding hydrogens is 456 g/mol. The van der Waals surface area contributed by atoms with Gasteiger partial charge in [0.25, 0.3) is 5.91 Å². The summed E-state index contributed by atoms with van der Waals surface area (Å²) in [5.74, 6) is 1.50. The Hall–Kier alpha value is -3.81. The molecule has 8 nitrogen and oxygen atoms in total. The Labute approximate surface area is 211 Å². The monoisotopic (exact) mass is 488 g/mol. The van der Waals surface area contributed by atoms with Crippen molar-refractivity contribution in [1.29, 1.82) is 0 Å². The lowest BCUT2D eigenvalue weighted by Crippen LogP contribution is -2.46. The van der Waals surface area contributed by atoms with Crippen molar-refractivity contribution in [1.82, 2.24) is 20.0 Å². The summed E-state index contributed by atoms with van der Waals surface area (Å²) >= 11 is 0. The van der Waals surface area contributed by atoms with Gasteiger partial charge in [0, 0.05) is 31.4 Å². The van der Waals surface area contributed by atoms with Gasteiger partial charge in [-0.3, -0.25) is 9.59 Å². The van der Waals surface area contributed by atoms with Crippen LogP contribution in [0.4, 0.5) is 0 Å². The standard InChI is InChI=1S/C28H32N4O4/c1-35-24-13-12-20(15-25(24)36-2)23-18-32(22-8-4-3-5-9-22)30-26(23)28(34)31-14-6-7-21(17-31)27(33)29-16-19-10-11-19/h3-5,8-9,12-13,15,18-19,21H,6-7,10-11,14,16-17H2,1-2H3,(H,29,33). The Kier molecular flexibility index (Phi) is 6.93. The van der Waals surface area contributed by atoms with Crippen LogP contribution in [0.5, 0.6) is 11.5 Å². The first-order valence-electron chi connectivity index (χ1n) is 12.5. The van der Waals surface area contributed by atoms with Crippen LogP contribution in [-0.4, -0.2) is 60.3 Å². The first-order chi connectivity index (χ1) is 17.6. The van der Waals surface area contributed by atoms with Crippen LogP contribution in [0.25, 0.3) is 16.8 Å². The zero-order valence-electron chi connectivity index (χ0n) is 20.8. The van der Waals surface area contributed by atoms with Gasteiger partial charge in [0.05, 0.1) is 25.8 Å². The number of piperidine rings is 1. The first kappa shape index (κ1) is 23.9. The Morgan fingerprint density at radius 1 is 1.03 bits per heavy atom. The minimum Gasteiger partial charge on any atom is -0.493 e. The molecule has 0 radical (unpaired) electrons. The van der Waals surface area contributed by atoms with E-state index < -0.39 is 0 Å². The molecule has 8 heteroatoms. The summed E-state index contributed by atoms with van der Waals surface area (Å²) in [5, 5.41) is 7.80. The Morgan fingerprint density at radius 2 is 1.81 bits per heavy atom. The number of ether oxygens (including phenoxy) is 2. The van der Waals surface area contributed by atoms with Gasteiger partial charge in [0.15, 0.2) is 17.2 Å². The van der Waals surface area contributed by atoms with Gasteiger partial charge < -0.3 is 19.7 Å². The van der Waals surface area contributed by atoms with Crippen molar-refractivity contribution in [3.8, 4) is 28.3 Å². The van der Waals surface area contributed by atoms with E-state index in [9.17, 15) is 9.59 Å². The van der Waals surface area contributed by atoms with E-state index in [0.29, 0.717) is 41.8 Å². The summed E-state index contributed by atoms with van der Waals surface area (Å²) in [6, 6.07) is 15.3. The third-order valence-electron chi connectivity index (χ3n) is 6.97. The topological polar surface area (TPSA) is 85.7 Å². The first-order valence-corrected chi connectivity index (χ1v) is 12.5. The Balaban J connectivity index is 1.45. The molecule has 2 aromatic carbocycles. The van der Waals surface area contributed by atoms with Crippen LogP contribution in [0.15, 0.2) is 54.7 Å². The number of para-hydroxylation sites is 1. The van der Waals surface area contributed by atoms with Crippen LogP contribution in [0.2, 0.25) is 0 Å². The lowest BCUT2D eigenvalue weighted by molar-refractivity contribution is -0.126. The van der Waals surface area contributed by atoms with Crippen LogP contribution < -0.4 is 14.8 Å². The van der Waals surface area contributed by atoms with Crippen molar-refractivity contribution >= 4 is 11.8 Å². The van der Waals surface area contributed by atoms with Crippen LogP contribution in [-0.2, 0) is 4.79 Å². The van der Waals surface area contributed by atoms with Crippen LogP contribution in [0, 0.1) is 11.8 Å². The third kappa shape index (κ3) is 5.08. The third-order valence-corrected chi connectivity index (χ3v) is 6.97. The van der Waals surface area contributed by atoms with E-state index in [4.69, 9.17) is 14.6 Å². The fourth-order valence-corrected chi connectivity index (χ4v) is 4.70. The molecule has 1 N–H and O–H groups in total. The summed E-state index contributed by atoms with van der Waals surface area (Å²) in [6.45, 7) is 1.75. The molecule has 1 aliphatic carbocycles. The van der Waals surface area contributed by atoms with Crippen molar-refractivity contribution < 1.29 is 19.1 Å². The number of likely N-dealkylation sites (tertiary alicyclic amines) is 1. The smallest absolute Gasteiger partial charge is 0.275 e. The molecule has 1 atom stereocenters. The number of amides is 2. The lowest BCUT2D eigenvalue weighted by atomic mass is 9.96. The molecule has 5 rings (SSSR count). The number of carbonyl (C=O) groups excluding carboxylic acids is 2. The quantitative estimate of drug-likeness (QED) is 0.519.